The summed E-state index contributed by atoms with van der Waals surface area (Å²) in [4.78, 5) is 42.9. The van der Waals surface area contributed by atoms with Gasteiger partial charge >= 0.3 is 6.03 Å². The number of benzene rings is 1. The van der Waals surface area contributed by atoms with Crippen molar-refractivity contribution >= 4 is 23.5 Å². The maximum Gasteiger partial charge on any atom is 0.328 e. The van der Waals surface area contributed by atoms with Crippen LogP contribution in [0.25, 0.3) is 0 Å². The number of rotatable bonds is 3. The molecule has 0 unspecified atom stereocenters. The minimum Gasteiger partial charge on any atom is -0.380 e. The Hall–Kier alpha value is -2.41. The quantitative estimate of drug-likeness (QED) is 0.774. The topological polar surface area (TPSA) is 70.2 Å². The van der Waals surface area contributed by atoms with Crippen molar-refractivity contribution in [3.8, 4) is 0 Å². The first kappa shape index (κ1) is 16.1. The molecule has 3 heterocycles. The molecule has 3 aliphatic rings. The smallest absolute Gasteiger partial charge is 0.328 e. The molecule has 0 bridgehead atoms. The lowest BCUT2D eigenvalue weighted by Crippen LogP contribution is -2.47. The van der Waals surface area contributed by atoms with Crippen LogP contribution in [0.4, 0.5) is 10.5 Å². The van der Waals surface area contributed by atoms with Gasteiger partial charge in [0.15, 0.2) is 0 Å². The third-order valence-electron chi connectivity index (χ3n) is 5.44. The summed E-state index contributed by atoms with van der Waals surface area (Å²) in [6.07, 6.45) is 0.842. The fourth-order valence-electron chi connectivity index (χ4n) is 4.19. The van der Waals surface area contributed by atoms with Crippen LogP contribution in [0.3, 0.4) is 0 Å². The summed E-state index contributed by atoms with van der Waals surface area (Å²) in [7, 11) is 1.58. The Labute approximate surface area is 146 Å². The monoisotopic (exact) mass is 343 g/mol. The molecule has 3 fully saturated rings. The number of hydrogen-bond acceptors (Lipinski definition) is 4. The van der Waals surface area contributed by atoms with Crippen LogP contribution in [0, 0.1) is 0 Å². The average Bonchev–Trinajstić information content (AvgIpc) is 3.23. The van der Waals surface area contributed by atoms with E-state index in [-0.39, 0.29) is 30.0 Å². The van der Waals surface area contributed by atoms with Crippen molar-refractivity contribution in [3.63, 3.8) is 0 Å². The molecule has 1 aromatic carbocycles. The Morgan fingerprint density at radius 2 is 1.64 bits per heavy atom. The summed E-state index contributed by atoms with van der Waals surface area (Å²) in [5.74, 6) is -0.463. The number of urea groups is 1. The van der Waals surface area contributed by atoms with Crippen LogP contribution in [0.1, 0.15) is 19.8 Å². The lowest BCUT2D eigenvalue weighted by Gasteiger charge is -2.23. The maximum absolute atomic E-state index is 13.0. The Bertz CT molecular complexity index is 698. The van der Waals surface area contributed by atoms with Gasteiger partial charge in [-0.25, -0.2) is 9.69 Å². The first-order valence-corrected chi connectivity index (χ1v) is 8.57. The number of carbonyl (C=O) groups excluding carboxylic acids is 3. The summed E-state index contributed by atoms with van der Waals surface area (Å²) < 4.78 is 5.28. The van der Waals surface area contributed by atoms with Crippen LogP contribution in [0.5, 0.6) is 0 Å². The molecule has 132 valence electrons. The minimum atomic E-state index is -0.721. The number of ether oxygens (including phenoxy) is 1. The molecule has 0 aromatic heterocycles. The van der Waals surface area contributed by atoms with E-state index in [1.165, 1.54) is 4.90 Å². The molecule has 7 heteroatoms. The highest BCUT2D eigenvalue weighted by Gasteiger charge is 2.56. The molecule has 4 rings (SSSR count). The molecular formula is C18H21N3O4. The molecule has 1 aromatic rings. The molecule has 7 nitrogen and oxygen atoms in total. The van der Waals surface area contributed by atoms with Crippen LogP contribution in [-0.2, 0) is 14.3 Å². The number of amides is 4. The second-order valence-electron chi connectivity index (χ2n) is 6.90. The zero-order valence-electron chi connectivity index (χ0n) is 14.3. The van der Waals surface area contributed by atoms with E-state index < -0.39 is 12.1 Å². The van der Waals surface area contributed by atoms with Gasteiger partial charge in [-0.2, -0.15) is 0 Å². The number of anilines is 1. The average molecular weight is 343 g/mol. The first-order valence-electron chi connectivity index (χ1n) is 8.57. The predicted molar refractivity (Wildman–Crippen MR) is 89.9 cm³/mol. The van der Waals surface area contributed by atoms with Gasteiger partial charge in [-0.3, -0.25) is 9.59 Å². The summed E-state index contributed by atoms with van der Waals surface area (Å²) in [5, 5.41) is 0. The molecule has 0 saturated carbocycles. The summed E-state index contributed by atoms with van der Waals surface area (Å²) in [5.41, 5.74) is 0.793. The van der Waals surface area contributed by atoms with E-state index in [1.54, 1.807) is 16.9 Å². The molecule has 0 N–H and O–H groups in total. The molecule has 3 saturated heterocycles. The number of nitrogens with zero attached hydrogens (tertiary/aromatic N) is 3. The highest BCUT2D eigenvalue weighted by atomic mass is 16.5. The van der Waals surface area contributed by atoms with E-state index in [1.807, 2.05) is 37.3 Å². The minimum absolute atomic E-state index is 0.0670. The van der Waals surface area contributed by atoms with Crippen molar-refractivity contribution in [1.29, 1.82) is 0 Å². The van der Waals surface area contributed by atoms with E-state index in [9.17, 15) is 14.4 Å². The van der Waals surface area contributed by atoms with Gasteiger partial charge in [0.05, 0.1) is 6.10 Å². The van der Waals surface area contributed by atoms with Gasteiger partial charge in [-0.15, -0.1) is 0 Å². The Balaban J connectivity index is 1.58. The van der Waals surface area contributed by atoms with Crippen LogP contribution in [0.15, 0.2) is 30.3 Å². The van der Waals surface area contributed by atoms with Gasteiger partial charge in [0.1, 0.15) is 12.1 Å². The van der Waals surface area contributed by atoms with Crippen LogP contribution < -0.4 is 4.90 Å². The molecule has 0 radical (unpaired) electrons. The van der Waals surface area contributed by atoms with Gasteiger partial charge in [0, 0.05) is 31.8 Å². The van der Waals surface area contributed by atoms with Crippen molar-refractivity contribution in [2.75, 3.05) is 18.6 Å². The normalized spacial score (nSPS) is 32.1. The molecule has 3 aliphatic heterocycles. The third-order valence-corrected chi connectivity index (χ3v) is 5.44. The number of para-hydroxylation sites is 1. The van der Waals surface area contributed by atoms with Gasteiger partial charge < -0.3 is 14.5 Å². The lowest BCUT2D eigenvalue weighted by atomic mass is 10.1. The number of fused-ring (bicyclic) bond motifs is 1. The standard InChI is InChI=1S/C18H21N3O4/c1-11-8-15(17(23)20(11)12-6-4-3-5-7-12)21-16(22)14-9-13(25-2)10-19(14)18(21)24/h3-7,11,13-15H,8-10H2,1-2H3/t11-,13+,14+,15-/m0/s1. The van der Waals surface area contributed by atoms with Gasteiger partial charge in [0.25, 0.3) is 11.8 Å². The SMILES string of the molecule is CO[C@@H]1C[C@@H]2C(=O)N([C@H]3C[C@H](C)N(c4ccccc4)C3=O)C(=O)N2C1. The van der Waals surface area contributed by atoms with Crippen molar-refractivity contribution in [1.82, 2.24) is 9.80 Å². The number of hydrogen-bond donors (Lipinski definition) is 0. The van der Waals surface area contributed by atoms with E-state index in [0.29, 0.717) is 19.4 Å². The summed E-state index contributed by atoms with van der Waals surface area (Å²) in [6.45, 7) is 2.35. The zero-order chi connectivity index (χ0) is 17.7. The second kappa shape index (κ2) is 5.84. The molecular weight excluding hydrogens is 322 g/mol. The van der Waals surface area contributed by atoms with Gasteiger partial charge in [0.2, 0.25) is 0 Å². The fraction of sp³-hybridized carbons (Fsp3) is 0.500. The first-order chi connectivity index (χ1) is 12.0. The van der Waals surface area contributed by atoms with Crippen molar-refractivity contribution in [3.05, 3.63) is 30.3 Å². The highest BCUT2D eigenvalue weighted by Crippen LogP contribution is 2.35. The van der Waals surface area contributed by atoms with Gasteiger partial charge in [-0.1, -0.05) is 18.2 Å². The number of carbonyl (C=O) groups is 3. The number of imide groups is 1. The highest BCUT2D eigenvalue weighted by molar-refractivity contribution is 6.11. The van der Waals surface area contributed by atoms with E-state index in [2.05, 4.69) is 0 Å². The van der Waals surface area contributed by atoms with Crippen LogP contribution in [0.2, 0.25) is 0 Å². The lowest BCUT2D eigenvalue weighted by molar-refractivity contribution is -0.134. The third kappa shape index (κ3) is 2.33. The van der Waals surface area contributed by atoms with Crippen LogP contribution in [-0.4, -0.2) is 65.5 Å². The largest absolute Gasteiger partial charge is 0.380 e. The van der Waals surface area contributed by atoms with Crippen LogP contribution >= 0.6 is 0 Å². The fourth-order valence-corrected chi connectivity index (χ4v) is 4.19. The van der Waals surface area contributed by atoms with Crippen molar-refractivity contribution in [2.24, 2.45) is 0 Å². The maximum atomic E-state index is 13.0. The Morgan fingerprint density at radius 1 is 0.960 bits per heavy atom. The Morgan fingerprint density at radius 3 is 2.28 bits per heavy atom. The van der Waals surface area contributed by atoms with E-state index in [0.717, 1.165) is 5.69 Å². The molecule has 4 atom stereocenters. The molecule has 0 spiro atoms. The van der Waals surface area contributed by atoms with Gasteiger partial charge in [-0.05, 0) is 25.5 Å². The van der Waals surface area contributed by atoms with Crippen molar-refractivity contribution in [2.45, 2.75) is 44.0 Å². The Kier molecular flexibility index (Phi) is 3.76. The summed E-state index contributed by atoms with van der Waals surface area (Å²) >= 11 is 0. The molecule has 4 amide bonds. The molecule has 0 aliphatic carbocycles. The van der Waals surface area contributed by atoms with E-state index in [4.69, 9.17) is 4.74 Å². The van der Waals surface area contributed by atoms with E-state index >= 15 is 0 Å². The number of methoxy groups -OCH3 is 1. The molecule has 25 heavy (non-hydrogen) atoms. The zero-order valence-corrected chi connectivity index (χ0v) is 14.3. The predicted octanol–water partition coefficient (Wildman–Crippen LogP) is 1.23. The van der Waals surface area contributed by atoms with Crippen molar-refractivity contribution < 1.29 is 19.1 Å². The summed E-state index contributed by atoms with van der Waals surface area (Å²) in [6, 6.07) is 7.72. The second-order valence-corrected chi connectivity index (χ2v) is 6.90.